The Labute approximate surface area is 204 Å². The fourth-order valence-electron chi connectivity index (χ4n) is 4.21. The number of halogens is 6. The highest BCUT2D eigenvalue weighted by molar-refractivity contribution is 5.92. The first-order chi connectivity index (χ1) is 17.2. The maximum absolute atomic E-state index is 14.5. The largest absolute Gasteiger partial charge is 0.298 e. The second-order valence-corrected chi connectivity index (χ2v) is 8.49. The maximum atomic E-state index is 14.5. The summed E-state index contributed by atoms with van der Waals surface area (Å²) in [7, 11) is 0. The molecular weight excluding hydrogens is 478 g/mol. The van der Waals surface area contributed by atoms with Crippen LogP contribution in [-0.2, 0) is 17.6 Å². The molecule has 0 N–H and O–H groups in total. The summed E-state index contributed by atoms with van der Waals surface area (Å²) < 4.78 is 83.2. The van der Waals surface area contributed by atoms with E-state index in [1.807, 2.05) is 0 Å². The average Bonchev–Trinajstić information content (AvgIpc) is 2.84. The Morgan fingerprint density at radius 1 is 0.500 bits per heavy atom. The minimum atomic E-state index is -1.02. The van der Waals surface area contributed by atoms with Crippen molar-refractivity contribution >= 4 is 5.78 Å². The van der Waals surface area contributed by atoms with Gasteiger partial charge in [0.25, 0.3) is 0 Å². The van der Waals surface area contributed by atoms with Crippen LogP contribution in [0.2, 0.25) is 0 Å². The molecule has 1 nitrogen and oxygen atoms in total. The Morgan fingerprint density at radius 2 is 0.833 bits per heavy atom. The molecule has 0 aromatic heterocycles. The predicted molar refractivity (Wildman–Crippen MR) is 123 cm³/mol. The van der Waals surface area contributed by atoms with Crippen LogP contribution in [0.1, 0.15) is 34.1 Å². The molecule has 0 aliphatic rings. The second kappa shape index (κ2) is 10.8. The van der Waals surface area contributed by atoms with Crippen molar-refractivity contribution in [1.82, 2.24) is 0 Å². The lowest BCUT2D eigenvalue weighted by molar-refractivity contribution is -0.122. The summed E-state index contributed by atoms with van der Waals surface area (Å²) in [4.78, 5) is 14.0. The first kappa shape index (κ1) is 25.2. The van der Waals surface area contributed by atoms with Crippen LogP contribution in [0.5, 0.6) is 0 Å². The van der Waals surface area contributed by atoms with E-state index >= 15 is 0 Å². The standard InChI is InChI=1S/C29H20F6O/c30-21-7-1-17(2-8-21)25(13-19-5-11-23(32)15-27(19)34)29(36)26(18-3-9-22(31)10-4-18)14-20-6-12-24(33)16-28(20)35/h1-12,15-16,25-26H,13-14H2. The number of Topliss-reactive ketones (excluding diaryl/α,β-unsaturated/α-hetero) is 1. The van der Waals surface area contributed by atoms with Crippen molar-refractivity contribution in [3.05, 3.63) is 142 Å². The average molecular weight is 498 g/mol. The molecule has 0 saturated carbocycles. The molecule has 184 valence electrons. The topological polar surface area (TPSA) is 17.1 Å². The molecule has 4 aromatic carbocycles. The monoisotopic (exact) mass is 498 g/mol. The summed E-state index contributed by atoms with van der Waals surface area (Å²) in [5.41, 5.74) is 0.864. The van der Waals surface area contributed by atoms with Gasteiger partial charge in [0.1, 0.15) is 40.7 Å². The molecule has 0 fully saturated rings. The first-order valence-corrected chi connectivity index (χ1v) is 11.1. The Kier molecular flexibility index (Phi) is 7.58. The van der Waals surface area contributed by atoms with Gasteiger partial charge in [-0.15, -0.1) is 0 Å². The van der Waals surface area contributed by atoms with Crippen LogP contribution in [0.15, 0.2) is 84.9 Å². The van der Waals surface area contributed by atoms with Gasteiger partial charge in [-0.05, 0) is 71.5 Å². The van der Waals surface area contributed by atoms with Gasteiger partial charge >= 0.3 is 0 Å². The van der Waals surface area contributed by atoms with E-state index in [9.17, 15) is 31.1 Å². The van der Waals surface area contributed by atoms with E-state index in [2.05, 4.69) is 0 Å². The number of hydrogen-bond donors (Lipinski definition) is 0. The lowest BCUT2D eigenvalue weighted by Gasteiger charge is -2.24. The van der Waals surface area contributed by atoms with Crippen LogP contribution in [-0.4, -0.2) is 5.78 Å². The summed E-state index contributed by atoms with van der Waals surface area (Å²) in [6.07, 6.45) is -0.361. The van der Waals surface area contributed by atoms with Gasteiger partial charge in [-0.1, -0.05) is 36.4 Å². The molecule has 0 bridgehead atoms. The van der Waals surface area contributed by atoms with E-state index in [0.29, 0.717) is 23.3 Å². The van der Waals surface area contributed by atoms with Crippen molar-refractivity contribution in [2.24, 2.45) is 0 Å². The molecule has 0 aliphatic heterocycles. The van der Waals surface area contributed by atoms with E-state index in [1.165, 1.54) is 36.4 Å². The fourth-order valence-corrected chi connectivity index (χ4v) is 4.21. The van der Waals surface area contributed by atoms with Crippen LogP contribution in [0, 0.1) is 34.9 Å². The van der Waals surface area contributed by atoms with Crippen LogP contribution in [0.25, 0.3) is 0 Å². The summed E-state index contributed by atoms with van der Waals surface area (Å²) in [6, 6.07) is 16.2. The second-order valence-electron chi connectivity index (χ2n) is 8.49. The van der Waals surface area contributed by atoms with Gasteiger partial charge in [0, 0.05) is 24.0 Å². The van der Waals surface area contributed by atoms with Crippen molar-refractivity contribution in [1.29, 1.82) is 0 Å². The molecule has 0 saturated heterocycles. The highest BCUT2D eigenvalue weighted by atomic mass is 19.2. The molecule has 2 unspecified atom stereocenters. The quantitative estimate of drug-likeness (QED) is 0.231. The number of benzene rings is 4. The van der Waals surface area contributed by atoms with Crippen LogP contribution in [0.4, 0.5) is 26.3 Å². The third-order valence-corrected chi connectivity index (χ3v) is 6.11. The van der Waals surface area contributed by atoms with E-state index in [-0.39, 0.29) is 24.0 Å². The van der Waals surface area contributed by atoms with Crippen molar-refractivity contribution in [3.63, 3.8) is 0 Å². The Balaban J connectivity index is 1.78. The van der Waals surface area contributed by atoms with E-state index in [0.717, 1.165) is 36.4 Å². The van der Waals surface area contributed by atoms with Gasteiger partial charge < -0.3 is 0 Å². The van der Waals surface area contributed by atoms with E-state index < -0.39 is 52.5 Å². The van der Waals surface area contributed by atoms with Crippen molar-refractivity contribution in [2.45, 2.75) is 24.7 Å². The predicted octanol–water partition coefficient (Wildman–Crippen LogP) is 7.44. The Morgan fingerprint density at radius 3 is 1.17 bits per heavy atom. The molecule has 7 heteroatoms. The number of hydrogen-bond acceptors (Lipinski definition) is 1. The minimum Gasteiger partial charge on any atom is -0.298 e. The molecule has 4 rings (SSSR count). The molecular formula is C29H20F6O. The minimum absolute atomic E-state index is 0.0601. The molecule has 0 heterocycles. The van der Waals surface area contributed by atoms with E-state index in [1.54, 1.807) is 0 Å². The molecule has 0 spiro atoms. The zero-order chi connectivity index (χ0) is 25.8. The van der Waals surface area contributed by atoms with Gasteiger partial charge in [0.15, 0.2) is 0 Å². The number of rotatable bonds is 8. The number of carbonyl (C=O) groups is 1. The third-order valence-electron chi connectivity index (χ3n) is 6.11. The van der Waals surface area contributed by atoms with Gasteiger partial charge in [-0.25, -0.2) is 26.3 Å². The summed E-state index contributed by atoms with van der Waals surface area (Å²) in [5.74, 6) is -6.86. The Bertz CT molecular complexity index is 1260. The fraction of sp³-hybridized carbons (Fsp3) is 0.138. The van der Waals surface area contributed by atoms with Crippen molar-refractivity contribution in [2.75, 3.05) is 0 Å². The highest BCUT2D eigenvalue weighted by Gasteiger charge is 2.31. The van der Waals surface area contributed by atoms with Crippen molar-refractivity contribution in [3.8, 4) is 0 Å². The molecule has 4 aromatic rings. The van der Waals surface area contributed by atoms with Gasteiger partial charge in [-0.3, -0.25) is 4.79 Å². The summed E-state index contributed by atoms with van der Waals surface area (Å²) in [5, 5.41) is 0. The zero-order valence-corrected chi connectivity index (χ0v) is 18.8. The summed E-state index contributed by atoms with van der Waals surface area (Å²) >= 11 is 0. The first-order valence-electron chi connectivity index (χ1n) is 11.1. The highest BCUT2D eigenvalue weighted by Crippen LogP contribution is 2.33. The number of ketones is 1. The van der Waals surface area contributed by atoms with Crippen molar-refractivity contribution < 1.29 is 31.1 Å². The molecule has 36 heavy (non-hydrogen) atoms. The SMILES string of the molecule is O=C(C(Cc1ccc(F)cc1F)c1ccc(F)cc1)C(Cc1ccc(F)cc1F)c1ccc(F)cc1. The van der Waals surface area contributed by atoms with Crippen LogP contribution in [0.3, 0.4) is 0 Å². The van der Waals surface area contributed by atoms with Crippen LogP contribution >= 0.6 is 0 Å². The molecule has 0 aliphatic carbocycles. The smallest absolute Gasteiger partial charge is 0.148 e. The molecule has 0 amide bonds. The van der Waals surface area contributed by atoms with E-state index in [4.69, 9.17) is 0 Å². The van der Waals surface area contributed by atoms with Gasteiger partial charge in [0.05, 0.1) is 0 Å². The number of carbonyl (C=O) groups excluding carboxylic acids is 1. The molecule has 2 atom stereocenters. The Hall–Kier alpha value is -3.87. The third kappa shape index (κ3) is 5.85. The normalized spacial score (nSPS) is 12.8. The van der Waals surface area contributed by atoms with Gasteiger partial charge in [-0.2, -0.15) is 0 Å². The van der Waals surface area contributed by atoms with Crippen LogP contribution < -0.4 is 0 Å². The lowest BCUT2D eigenvalue weighted by atomic mass is 9.78. The maximum Gasteiger partial charge on any atom is 0.148 e. The lowest BCUT2D eigenvalue weighted by Crippen LogP contribution is -2.25. The summed E-state index contributed by atoms with van der Waals surface area (Å²) in [6.45, 7) is 0. The van der Waals surface area contributed by atoms with Gasteiger partial charge in [0.2, 0.25) is 0 Å². The zero-order valence-electron chi connectivity index (χ0n) is 18.8. The molecule has 0 radical (unpaired) electrons.